The Labute approximate surface area is 96.6 Å². The predicted molar refractivity (Wildman–Crippen MR) is 59.1 cm³/mol. The maximum atomic E-state index is 13.4. The van der Waals surface area contributed by atoms with E-state index >= 15 is 0 Å². The highest BCUT2D eigenvalue weighted by Crippen LogP contribution is 2.44. The highest BCUT2D eigenvalue weighted by Gasteiger charge is 2.24. The van der Waals surface area contributed by atoms with Crippen molar-refractivity contribution in [1.82, 2.24) is 9.78 Å². The van der Waals surface area contributed by atoms with Gasteiger partial charge in [0, 0.05) is 18.2 Å². The topological polar surface area (TPSA) is 62.3 Å². The van der Waals surface area contributed by atoms with Crippen LogP contribution in [-0.4, -0.2) is 16.6 Å². The van der Waals surface area contributed by atoms with Gasteiger partial charge < -0.3 is 15.2 Å². The molecule has 1 aliphatic rings. The average Bonchev–Trinajstić information content (AvgIpc) is 2.91. The second-order valence-electron chi connectivity index (χ2n) is 3.73. The van der Waals surface area contributed by atoms with Gasteiger partial charge in [0.15, 0.2) is 11.6 Å². The molecule has 0 atom stereocenters. The van der Waals surface area contributed by atoms with Gasteiger partial charge in [-0.25, -0.2) is 4.39 Å². The van der Waals surface area contributed by atoms with Crippen LogP contribution in [0.2, 0.25) is 0 Å². The first-order valence-electron chi connectivity index (χ1n) is 5.04. The Bertz CT molecular complexity index is 595. The first-order chi connectivity index (χ1) is 8.18. The molecule has 6 heteroatoms. The predicted octanol–water partition coefficient (Wildman–Crippen LogP) is 1.54. The van der Waals surface area contributed by atoms with Crippen LogP contribution in [0.3, 0.4) is 0 Å². The summed E-state index contributed by atoms with van der Waals surface area (Å²) >= 11 is 0. The van der Waals surface area contributed by atoms with Gasteiger partial charge in [-0.15, -0.1) is 0 Å². The van der Waals surface area contributed by atoms with Gasteiger partial charge in [-0.05, 0) is 12.1 Å². The second-order valence-corrected chi connectivity index (χ2v) is 3.73. The molecule has 2 aromatic rings. The smallest absolute Gasteiger partial charge is 0.231 e. The number of nitrogen functional groups attached to an aromatic ring is 1. The van der Waals surface area contributed by atoms with Crippen molar-refractivity contribution in [2.45, 2.75) is 0 Å². The molecular formula is C11H10FN3O2. The minimum absolute atomic E-state index is 0.0173. The van der Waals surface area contributed by atoms with Crippen LogP contribution in [-0.2, 0) is 7.05 Å². The van der Waals surface area contributed by atoms with E-state index in [0.29, 0.717) is 22.7 Å². The average molecular weight is 235 g/mol. The standard InChI is InChI=1S/C11H10FN3O2/c1-15-11(13)7(4-14-15)6-2-3-8(12)10-9(6)16-5-17-10/h2-4H,5,13H2,1H3. The van der Waals surface area contributed by atoms with Gasteiger partial charge >= 0.3 is 0 Å². The third-order valence-electron chi connectivity index (χ3n) is 2.75. The van der Waals surface area contributed by atoms with Crippen molar-refractivity contribution in [3.63, 3.8) is 0 Å². The Morgan fingerprint density at radius 1 is 1.29 bits per heavy atom. The number of aryl methyl sites for hydroxylation is 1. The van der Waals surface area contributed by atoms with Crippen LogP contribution >= 0.6 is 0 Å². The number of nitrogens with two attached hydrogens (primary N) is 1. The van der Waals surface area contributed by atoms with Crippen LogP contribution in [0.5, 0.6) is 11.5 Å². The number of fused-ring (bicyclic) bond motifs is 1. The number of rotatable bonds is 1. The summed E-state index contributed by atoms with van der Waals surface area (Å²) in [6, 6.07) is 2.94. The lowest BCUT2D eigenvalue weighted by Crippen LogP contribution is -1.98. The lowest BCUT2D eigenvalue weighted by atomic mass is 10.1. The Kier molecular flexibility index (Phi) is 1.98. The lowest BCUT2D eigenvalue weighted by Gasteiger charge is -2.05. The second kappa shape index (κ2) is 3.38. The normalized spacial score (nSPS) is 13.1. The molecule has 3 rings (SSSR count). The zero-order valence-corrected chi connectivity index (χ0v) is 9.11. The molecule has 1 aromatic carbocycles. The van der Waals surface area contributed by atoms with Crippen LogP contribution < -0.4 is 15.2 Å². The quantitative estimate of drug-likeness (QED) is 0.814. The highest BCUT2D eigenvalue weighted by atomic mass is 19.1. The Hall–Kier alpha value is -2.24. The van der Waals surface area contributed by atoms with E-state index in [-0.39, 0.29) is 12.5 Å². The Balaban J connectivity index is 2.23. The van der Waals surface area contributed by atoms with Crippen molar-refractivity contribution in [3.05, 3.63) is 24.1 Å². The van der Waals surface area contributed by atoms with Gasteiger partial charge in [0.1, 0.15) is 5.82 Å². The highest BCUT2D eigenvalue weighted by molar-refractivity contribution is 5.80. The fourth-order valence-corrected chi connectivity index (χ4v) is 1.83. The molecule has 17 heavy (non-hydrogen) atoms. The molecule has 2 heterocycles. The van der Waals surface area contributed by atoms with Crippen molar-refractivity contribution in [2.24, 2.45) is 7.05 Å². The molecule has 0 amide bonds. The molecule has 0 saturated carbocycles. The first kappa shape index (κ1) is 9.95. The number of hydrogen-bond acceptors (Lipinski definition) is 4. The number of benzene rings is 1. The maximum Gasteiger partial charge on any atom is 0.231 e. The van der Waals surface area contributed by atoms with Crippen LogP contribution in [0.4, 0.5) is 10.2 Å². The molecule has 1 aromatic heterocycles. The molecule has 0 fully saturated rings. The third kappa shape index (κ3) is 1.33. The van der Waals surface area contributed by atoms with Gasteiger partial charge in [0.2, 0.25) is 12.5 Å². The minimum Gasteiger partial charge on any atom is -0.453 e. The van der Waals surface area contributed by atoms with E-state index in [0.717, 1.165) is 0 Å². The molecular weight excluding hydrogens is 225 g/mol. The van der Waals surface area contributed by atoms with E-state index in [1.165, 1.54) is 6.07 Å². The Morgan fingerprint density at radius 3 is 2.76 bits per heavy atom. The molecule has 0 unspecified atom stereocenters. The number of aromatic nitrogens is 2. The van der Waals surface area contributed by atoms with Crippen LogP contribution in [0.1, 0.15) is 0 Å². The van der Waals surface area contributed by atoms with Crippen molar-refractivity contribution < 1.29 is 13.9 Å². The summed E-state index contributed by atoms with van der Waals surface area (Å²) in [5.74, 6) is 0.563. The molecule has 5 nitrogen and oxygen atoms in total. The number of halogens is 1. The molecule has 0 spiro atoms. The van der Waals surface area contributed by atoms with Crippen molar-refractivity contribution >= 4 is 5.82 Å². The zero-order valence-electron chi connectivity index (χ0n) is 9.11. The van der Waals surface area contributed by atoms with E-state index in [9.17, 15) is 4.39 Å². The van der Waals surface area contributed by atoms with Crippen LogP contribution in [0.15, 0.2) is 18.3 Å². The summed E-state index contributed by atoms with van der Waals surface area (Å²) < 4.78 is 25.3. The fourth-order valence-electron chi connectivity index (χ4n) is 1.83. The van der Waals surface area contributed by atoms with E-state index in [4.69, 9.17) is 15.2 Å². The van der Waals surface area contributed by atoms with Crippen LogP contribution in [0.25, 0.3) is 11.1 Å². The third-order valence-corrected chi connectivity index (χ3v) is 2.75. The fraction of sp³-hybridized carbons (Fsp3) is 0.182. The van der Waals surface area contributed by atoms with Gasteiger partial charge in [-0.2, -0.15) is 5.10 Å². The van der Waals surface area contributed by atoms with Gasteiger partial charge in [-0.1, -0.05) is 0 Å². The molecule has 88 valence electrons. The van der Waals surface area contributed by atoms with Gasteiger partial charge in [0.05, 0.1) is 6.20 Å². The van der Waals surface area contributed by atoms with Crippen molar-refractivity contribution in [1.29, 1.82) is 0 Å². The number of hydrogen-bond donors (Lipinski definition) is 1. The molecule has 0 saturated heterocycles. The minimum atomic E-state index is -0.441. The molecule has 1 aliphatic heterocycles. The number of nitrogens with zero attached hydrogens (tertiary/aromatic N) is 2. The van der Waals surface area contributed by atoms with Crippen molar-refractivity contribution in [2.75, 3.05) is 12.5 Å². The first-order valence-corrected chi connectivity index (χ1v) is 5.04. The monoisotopic (exact) mass is 235 g/mol. The molecule has 2 N–H and O–H groups in total. The largest absolute Gasteiger partial charge is 0.453 e. The summed E-state index contributed by atoms with van der Waals surface area (Å²) in [5, 5.41) is 4.04. The van der Waals surface area contributed by atoms with E-state index < -0.39 is 5.82 Å². The molecule has 0 bridgehead atoms. The zero-order chi connectivity index (χ0) is 12.0. The lowest BCUT2D eigenvalue weighted by molar-refractivity contribution is 0.171. The molecule has 0 radical (unpaired) electrons. The summed E-state index contributed by atoms with van der Waals surface area (Å²) in [6.45, 7) is 0.0173. The molecule has 0 aliphatic carbocycles. The summed E-state index contributed by atoms with van der Waals surface area (Å²) in [4.78, 5) is 0. The summed E-state index contributed by atoms with van der Waals surface area (Å²) in [5.41, 5.74) is 7.26. The Morgan fingerprint density at radius 2 is 2.06 bits per heavy atom. The van der Waals surface area contributed by atoms with Crippen molar-refractivity contribution in [3.8, 4) is 22.6 Å². The SMILES string of the molecule is Cn1ncc(-c2ccc(F)c3c2OCO3)c1N. The van der Waals surface area contributed by atoms with Gasteiger partial charge in [-0.3, -0.25) is 4.68 Å². The maximum absolute atomic E-state index is 13.4. The summed E-state index contributed by atoms with van der Waals surface area (Å²) in [7, 11) is 1.74. The number of ether oxygens (including phenoxy) is 2. The van der Waals surface area contributed by atoms with E-state index in [1.807, 2.05) is 0 Å². The summed E-state index contributed by atoms with van der Waals surface area (Å²) in [6.07, 6.45) is 1.62. The van der Waals surface area contributed by atoms with Gasteiger partial charge in [0.25, 0.3) is 0 Å². The number of anilines is 1. The van der Waals surface area contributed by atoms with E-state index in [2.05, 4.69) is 5.10 Å². The van der Waals surface area contributed by atoms with E-state index in [1.54, 1.807) is 24.0 Å². The van der Waals surface area contributed by atoms with Crippen LogP contribution in [0, 0.1) is 5.82 Å².